The molecule has 2 N–H and O–H groups in total. The van der Waals surface area contributed by atoms with Gasteiger partial charge in [-0.2, -0.15) is 0 Å². The summed E-state index contributed by atoms with van der Waals surface area (Å²) < 4.78 is 0. The van der Waals surface area contributed by atoms with Crippen LogP contribution in [0.15, 0.2) is 0 Å². The maximum Gasteiger partial charge on any atom is 0.0718 e. The average molecular weight is 256 g/mol. The van der Waals surface area contributed by atoms with Gasteiger partial charge in [0.1, 0.15) is 0 Å². The van der Waals surface area contributed by atoms with Gasteiger partial charge in [-0.1, -0.05) is 19.8 Å². The van der Waals surface area contributed by atoms with Gasteiger partial charge < -0.3 is 15.3 Å². The molecule has 0 aromatic heterocycles. The first-order valence-corrected chi connectivity index (χ1v) is 7.49. The normalized spacial score (nSPS) is 19.7. The first-order chi connectivity index (χ1) is 8.37. The summed E-state index contributed by atoms with van der Waals surface area (Å²) >= 11 is 0. The fourth-order valence-corrected chi connectivity index (χ4v) is 3.34. The molecule has 1 aliphatic carbocycles. The van der Waals surface area contributed by atoms with Crippen LogP contribution in [-0.4, -0.2) is 48.8 Å². The number of hydrogen-bond acceptors (Lipinski definition) is 3. The highest BCUT2D eigenvalue weighted by atomic mass is 16.3. The molecular formula is C15H32N2O. The third kappa shape index (κ3) is 5.68. The van der Waals surface area contributed by atoms with E-state index in [0.717, 1.165) is 26.2 Å². The van der Waals surface area contributed by atoms with Crippen molar-refractivity contribution in [3.05, 3.63) is 0 Å². The van der Waals surface area contributed by atoms with Crippen LogP contribution in [0.1, 0.15) is 52.9 Å². The van der Waals surface area contributed by atoms with E-state index in [2.05, 4.69) is 24.2 Å². The lowest BCUT2D eigenvalue weighted by atomic mass is 9.85. The molecule has 0 aliphatic heterocycles. The number of nitrogens with one attached hydrogen (secondary N) is 1. The van der Waals surface area contributed by atoms with Gasteiger partial charge in [-0.05, 0) is 52.1 Å². The van der Waals surface area contributed by atoms with Crippen LogP contribution in [0.5, 0.6) is 0 Å². The molecule has 3 nitrogen and oxygen atoms in total. The zero-order chi connectivity index (χ0) is 13.6. The summed E-state index contributed by atoms with van der Waals surface area (Å²) in [5.41, 5.74) is -0.152. The molecule has 1 aliphatic rings. The smallest absolute Gasteiger partial charge is 0.0718 e. The molecular weight excluding hydrogens is 224 g/mol. The molecule has 0 radical (unpaired) electrons. The number of likely N-dealkylation sites (N-methyl/N-ethyl adjacent to an activating group) is 1. The van der Waals surface area contributed by atoms with Crippen LogP contribution in [0.2, 0.25) is 0 Å². The minimum Gasteiger partial charge on any atom is -0.389 e. The molecule has 1 saturated carbocycles. The van der Waals surface area contributed by atoms with E-state index in [9.17, 15) is 5.11 Å². The lowest BCUT2D eigenvalue weighted by Crippen LogP contribution is -2.45. The quantitative estimate of drug-likeness (QED) is 0.654. The third-order valence-electron chi connectivity index (χ3n) is 3.85. The standard InChI is InChI=1S/C15H32N2O/c1-5-10-16-11-15(8-6-7-9-15)13-17(4)12-14(2,3)18/h16,18H,5-13H2,1-4H3. The van der Waals surface area contributed by atoms with E-state index in [-0.39, 0.29) is 0 Å². The van der Waals surface area contributed by atoms with Crippen LogP contribution in [0, 0.1) is 5.41 Å². The molecule has 0 saturated heterocycles. The van der Waals surface area contributed by atoms with Gasteiger partial charge in [0.25, 0.3) is 0 Å². The van der Waals surface area contributed by atoms with E-state index < -0.39 is 5.60 Å². The molecule has 3 heteroatoms. The van der Waals surface area contributed by atoms with Gasteiger partial charge in [-0.25, -0.2) is 0 Å². The Bertz CT molecular complexity index is 229. The van der Waals surface area contributed by atoms with Crippen LogP contribution in [0.4, 0.5) is 0 Å². The minimum atomic E-state index is -0.592. The summed E-state index contributed by atoms with van der Waals surface area (Å²) in [6.07, 6.45) is 6.60. The van der Waals surface area contributed by atoms with E-state index in [1.165, 1.54) is 32.1 Å². The van der Waals surface area contributed by atoms with Gasteiger partial charge in [-0.3, -0.25) is 0 Å². The van der Waals surface area contributed by atoms with Crippen LogP contribution in [-0.2, 0) is 0 Å². The van der Waals surface area contributed by atoms with E-state index >= 15 is 0 Å². The van der Waals surface area contributed by atoms with E-state index in [0.29, 0.717) is 5.41 Å². The van der Waals surface area contributed by atoms with Gasteiger partial charge in [-0.15, -0.1) is 0 Å². The Hall–Kier alpha value is -0.120. The van der Waals surface area contributed by atoms with Gasteiger partial charge in [0, 0.05) is 19.6 Å². The fraction of sp³-hybridized carbons (Fsp3) is 1.00. The van der Waals surface area contributed by atoms with Crippen molar-refractivity contribution in [2.75, 3.05) is 33.2 Å². The molecule has 0 spiro atoms. The minimum absolute atomic E-state index is 0.440. The predicted molar refractivity (Wildman–Crippen MR) is 77.9 cm³/mol. The lowest BCUT2D eigenvalue weighted by Gasteiger charge is -2.36. The van der Waals surface area contributed by atoms with Crippen LogP contribution < -0.4 is 5.32 Å². The van der Waals surface area contributed by atoms with Crippen molar-refractivity contribution in [3.63, 3.8) is 0 Å². The second-order valence-corrected chi connectivity index (χ2v) is 6.87. The molecule has 0 heterocycles. The van der Waals surface area contributed by atoms with Crippen molar-refractivity contribution in [2.45, 2.75) is 58.5 Å². The van der Waals surface area contributed by atoms with Crippen molar-refractivity contribution in [1.29, 1.82) is 0 Å². The Labute approximate surface area is 113 Å². The first kappa shape index (κ1) is 15.9. The molecule has 0 unspecified atom stereocenters. The maximum absolute atomic E-state index is 9.90. The highest BCUT2D eigenvalue weighted by Crippen LogP contribution is 2.38. The Kier molecular flexibility index (Phi) is 6.09. The van der Waals surface area contributed by atoms with Crippen LogP contribution in [0.25, 0.3) is 0 Å². The number of nitrogens with zero attached hydrogens (tertiary/aromatic N) is 1. The van der Waals surface area contributed by atoms with Gasteiger partial charge in [0.2, 0.25) is 0 Å². The third-order valence-corrected chi connectivity index (χ3v) is 3.85. The lowest BCUT2D eigenvalue weighted by molar-refractivity contribution is 0.0305. The Morgan fingerprint density at radius 2 is 1.89 bits per heavy atom. The zero-order valence-electron chi connectivity index (χ0n) is 12.8. The molecule has 0 bridgehead atoms. The number of hydrogen-bond donors (Lipinski definition) is 2. The van der Waals surface area contributed by atoms with E-state index in [4.69, 9.17) is 0 Å². The summed E-state index contributed by atoms with van der Waals surface area (Å²) in [4.78, 5) is 2.30. The highest BCUT2D eigenvalue weighted by Gasteiger charge is 2.35. The molecule has 108 valence electrons. The summed E-state index contributed by atoms with van der Waals surface area (Å²) in [5.74, 6) is 0. The Morgan fingerprint density at radius 3 is 2.39 bits per heavy atom. The molecule has 0 aromatic rings. The zero-order valence-corrected chi connectivity index (χ0v) is 12.8. The fourth-order valence-electron chi connectivity index (χ4n) is 3.34. The van der Waals surface area contributed by atoms with Crippen LogP contribution in [0.3, 0.4) is 0 Å². The monoisotopic (exact) mass is 256 g/mol. The SMILES string of the molecule is CCCNCC1(CN(C)CC(C)(C)O)CCCC1. The van der Waals surface area contributed by atoms with Crippen molar-refractivity contribution in [1.82, 2.24) is 10.2 Å². The van der Waals surface area contributed by atoms with E-state index in [1.807, 2.05) is 13.8 Å². The molecule has 0 amide bonds. The Balaban J connectivity index is 2.46. The summed E-state index contributed by atoms with van der Waals surface area (Å²) in [5, 5.41) is 13.5. The van der Waals surface area contributed by atoms with Crippen molar-refractivity contribution < 1.29 is 5.11 Å². The Morgan fingerprint density at radius 1 is 1.28 bits per heavy atom. The van der Waals surface area contributed by atoms with Crippen LogP contribution >= 0.6 is 0 Å². The summed E-state index contributed by atoms with van der Waals surface area (Å²) in [7, 11) is 2.14. The summed E-state index contributed by atoms with van der Waals surface area (Å²) in [6.45, 7) is 10.1. The van der Waals surface area contributed by atoms with Crippen molar-refractivity contribution >= 4 is 0 Å². The first-order valence-electron chi connectivity index (χ1n) is 7.49. The van der Waals surface area contributed by atoms with Gasteiger partial charge >= 0.3 is 0 Å². The van der Waals surface area contributed by atoms with Crippen molar-refractivity contribution in [2.24, 2.45) is 5.41 Å². The molecule has 1 fully saturated rings. The summed E-state index contributed by atoms with van der Waals surface area (Å²) in [6, 6.07) is 0. The second-order valence-electron chi connectivity index (χ2n) is 6.87. The van der Waals surface area contributed by atoms with Gasteiger partial charge in [0.05, 0.1) is 5.60 Å². The topological polar surface area (TPSA) is 35.5 Å². The average Bonchev–Trinajstić information content (AvgIpc) is 2.64. The maximum atomic E-state index is 9.90. The largest absolute Gasteiger partial charge is 0.389 e. The molecule has 0 aromatic carbocycles. The molecule has 18 heavy (non-hydrogen) atoms. The van der Waals surface area contributed by atoms with E-state index in [1.54, 1.807) is 0 Å². The van der Waals surface area contributed by atoms with Gasteiger partial charge in [0.15, 0.2) is 0 Å². The highest BCUT2D eigenvalue weighted by molar-refractivity contribution is 4.89. The molecule has 1 rings (SSSR count). The molecule has 0 atom stereocenters. The number of rotatable bonds is 8. The number of aliphatic hydroxyl groups is 1. The van der Waals surface area contributed by atoms with Crippen molar-refractivity contribution in [3.8, 4) is 0 Å². The second kappa shape index (κ2) is 6.88. The predicted octanol–water partition coefficient (Wildman–Crippen LogP) is 2.25.